The number of hydrogen-bond donors (Lipinski definition) is 0. The van der Waals surface area contributed by atoms with Crippen LogP contribution in [-0.4, -0.2) is 43.9 Å². The van der Waals surface area contributed by atoms with Crippen LogP contribution in [0.15, 0.2) is 30.3 Å². The third-order valence-corrected chi connectivity index (χ3v) is 7.42. The van der Waals surface area contributed by atoms with E-state index in [1.165, 1.54) is 42.3 Å². The van der Waals surface area contributed by atoms with Crippen LogP contribution in [-0.2, 0) is 16.4 Å². The summed E-state index contributed by atoms with van der Waals surface area (Å²) in [5, 5.41) is 0.409. The Bertz CT molecular complexity index is 1020. The van der Waals surface area contributed by atoms with Gasteiger partial charge >= 0.3 is 0 Å². The molecule has 0 N–H and O–H groups in total. The highest BCUT2D eigenvalue weighted by Gasteiger charge is 2.36. The van der Waals surface area contributed by atoms with E-state index in [4.69, 9.17) is 39.5 Å². The van der Waals surface area contributed by atoms with Crippen molar-refractivity contribution in [1.82, 2.24) is 4.90 Å². The molecule has 0 radical (unpaired) electrons. The number of hydrogen-bond acceptors (Lipinski definition) is 4. The minimum Gasteiger partial charge on any atom is -0.494 e. The second-order valence-electron chi connectivity index (χ2n) is 6.66. The first-order chi connectivity index (χ1) is 13.6. The number of methoxy groups -OCH3 is 1. The van der Waals surface area contributed by atoms with E-state index >= 15 is 0 Å². The summed E-state index contributed by atoms with van der Waals surface area (Å²) in [7, 11) is -1.90. The maximum absolute atomic E-state index is 14.3. The fraction of sp³-hybridized carbons (Fsp3) is 0.316. The van der Waals surface area contributed by atoms with Gasteiger partial charge in [-0.15, -0.1) is 0 Å². The number of amides is 1. The van der Waals surface area contributed by atoms with E-state index in [1.54, 1.807) is 0 Å². The van der Waals surface area contributed by atoms with Crippen molar-refractivity contribution in [3.8, 4) is 5.75 Å². The fourth-order valence-corrected chi connectivity index (χ4v) is 5.88. The zero-order valence-electron chi connectivity index (χ0n) is 15.3. The molecule has 0 bridgehead atoms. The number of benzene rings is 2. The Labute approximate surface area is 183 Å². The average molecular weight is 481 g/mol. The van der Waals surface area contributed by atoms with Crippen molar-refractivity contribution in [3.05, 3.63) is 62.3 Å². The van der Waals surface area contributed by atoms with Gasteiger partial charge in [0.05, 0.1) is 35.2 Å². The van der Waals surface area contributed by atoms with Crippen LogP contribution in [0, 0.1) is 5.82 Å². The third-order valence-electron chi connectivity index (χ3n) is 4.75. The first-order valence-electron chi connectivity index (χ1n) is 8.60. The topological polar surface area (TPSA) is 63.7 Å². The third kappa shape index (κ3) is 4.79. The summed E-state index contributed by atoms with van der Waals surface area (Å²) in [5.41, 5.74) is 0.245. The summed E-state index contributed by atoms with van der Waals surface area (Å²) < 4.78 is 43.4. The van der Waals surface area contributed by atoms with Gasteiger partial charge in [-0.2, -0.15) is 0 Å². The van der Waals surface area contributed by atoms with Gasteiger partial charge in [-0.1, -0.05) is 40.9 Å². The predicted octanol–water partition coefficient (Wildman–Crippen LogP) is 4.62. The lowest BCUT2D eigenvalue weighted by molar-refractivity contribution is 0.0679. The lowest BCUT2D eigenvalue weighted by atomic mass is 10.1. The highest BCUT2D eigenvalue weighted by atomic mass is 35.5. The van der Waals surface area contributed by atoms with Crippen molar-refractivity contribution in [2.75, 3.05) is 18.6 Å². The van der Waals surface area contributed by atoms with E-state index in [0.717, 1.165) is 0 Å². The molecule has 10 heteroatoms. The van der Waals surface area contributed by atoms with Crippen LogP contribution < -0.4 is 4.74 Å². The Morgan fingerprint density at radius 1 is 1.21 bits per heavy atom. The molecule has 3 rings (SSSR count). The first-order valence-corrected chi connectivity index (χ1v) is 11.6. The van der Waals surface area contributed by atoms with Crippen LogP contribution in [0.5, 0.6) is 5.75 Å². The van der Waals surface area contributed by atoms with Gasteiger partial charge in [0, 0.05) is 22.2 Å². The molecule has 1 aliphatic heterocycles. The molecule has 1 fully saturated rings. The van der Waals surface area contributed by atoms with Crippen molar-refractivity contribution >= 4 is 50.5 Å². The molecule has 2 aromatic rings. The molecular formula is C19H17Cl3FNO4S. The first kappa shape index (κ1) is 22.2. The highest BCUT2D eigenvalue weighted by Crippen LogP contribution is 2.35. The number of halogens is 4. The summed E-state index contributed by atoms with van der Waals surface area (Å²) in [5.74, 6) is -1.14. The number of carbonyl (C=O) groups excluding carboxylic acids is 1. The van der Waals surface area contributed by atoms with E-state index in [9.17, 15) is 17.6 Å². The minimum atomic E-state index is -3.29. The Morgan fingerprint density at radius 3 is 2.38 bits per heavy atom. The maximum Gasteiger partial charge on any atom is 0.254 e. The Morgan fingerprint density at radius 2 is 1.86 bits per heavy atom. The maximum atomic E-state index is 14.3. The molecule has 0 saturated carbocycles. The van der Waals surface area contributed by atoms with Crippen LogP contribution in [0.2, 0.25) is 15.1 Å². The summed E-state index contributed by atoms with van der Waals surface area (Å²) in [6, 6.07) is 6.34. The highest BCUT2D eigenvalue weighted by molar-refractivity contribution is 7.91. The van der Waals surface area contributed by atoms with Crippen LogP contribution in [0.25, 0.3) is 0 Å². The minimum absolute atomic E-state index is 0.0451. The van der Waals surface area contributed by atoms with Crippen LogP contribution in [0.3, 0.4) is 0 Å². The normalized spacial score (nSPS) is 17.9. The molecule has 1 heterocycles. The molecule has 0 spiro atoms. The second-order valence-corrected chi connectivity index (χ2v) is 10.1. The van der Waals surface area contributed by atoms with Gasteiger partial charge < -0.3 is 9.64 Å². The molecule has 0 aliphatic carbocycles. The number of ether oxygens (including phenoxy) is 1. The van der Waals surface area contributed by atoms with Crippen molar-refractivity contribution in [2.45, 2.75) is 19.0 Å². The van der Waals surface area contributed by atoms with Crippen molar-refractivity contribution in [1.29, 1.82) is 0 Å². The van der Waals surface area contributed by atoms with E-state index in [-0.39, 0.29) is 56.4 Å². The summed E-state index contributed by atoms with van der Waals surface area (Å²) in [6.07, 6.45) is 0.248. The average Bonchev–Trinajstić information content (AvgIpc) is 3.00. The quantitative estimate of drug-likeness (QED) is 0.626. The van der Waals surface area contributed by atoms with Crippen molar-refractivity contribution < 1.29 is 22.3 Å². The SMILES string of the molecule is COc1c(Cl)cc(C(=O)N(Cc2c(F)cccc2Cl)[C@H]2CCS(=O)(=O)C2)cc1Cl. The second kappa shape index (κ2) is 8.68. The van der Waals surface area contributed by atoms with E-state index in [0.29, 0.717) is 0 Å². The largest absolute Gasteiger partial charge is 0.494 e. The molecule has 5 nitrogen and oxygen atoms in total. The zero-order valence-corrected chi connectivity index (χ0v) is 18.4. The van der Waals surface area contributed by atoms with E-state index in [2.05, 4.69) is 0 Å². The number of nitrogens with zero attached hydrogens (tertiary/aromatic N) is 1. The molecule has 156 valence electrons. The Balaban J connectivity index is 2.02. The fourth-order valence-electron chi connectivity index (χ4n) is 3.29. The van der Waals surface area contributed by atoms with Gasteiger partial charge in [-0.25, -0.2) is 12.8 Å². The van der Waals surface area contributed by atoms with Gasteiger partial charge in [-0.3, -0.25) is 4.79 Å². The summed E-state index contributed by atoms with van der Waals surface area (Å²) >= 11 is 18.4. The molecule has 29 heavy (non-hydrogen) atoms. The van der Waals surface area contributed by atoms with Crippen molar-refractivity contribution in [3.63, 3.8) is 0 Å². The van der Waals surface area contributed by atoms with Gasteiger partial charge in [0.1, 0.15) is 5.82 Å². The van der Waals surface area contributed by atoms with Crippen molar-refractivity contribution in [2.24, 2.45) is 0 Å². The van der Waals surface area contributed by atoms with Gasteiger partial charge in [0.25, 0.3) is 5.91 Å². The molecule has 1 aliphatic rings. The predicted molar refractivity (Wildman–Crippen MR) is 111 cm³/mol. The van der Waals surface area contributed by atoms with E-state index < -0.39 is 27.6 Å². The molecule has 0 aromatic heterocycles. The number of sulfone groups is 1. The summed E-state index contributed by atoms with van der Waals surface area (Å²) in [4.78, 5) is 14.6. The lowest BCUT2D eigenvalue weighted by Gasteiger charge is -2.29. The molecule has 1 saturated heterocycles. The molecule has 1 amide bonds. The van der Waals surface area contributed by atoms with Gasteiger partial charge in [0.15, 0.2) is 15.6 Å². The van der Waals surface area contributed by atoms with E-state index in [1.807, 2.05) is 0 Å². The zero-order chi connectivity index (χ0) is 21.3. The number of rotatable bonds is 5. The monoisotopic (exact) mass is 479 g/mol. The molecular weight excluding hydrogens is 464 g/mol. The molecule has 1 atom stereocenters. The molecule has 0 unspecified atom stereocenters. The van der Waals surface area contributed by atoms with Gasteiger partial charge in [0.2, 0.25) is 0 Å². The van der Waals surface area contributed by atoms with Crippen LogP contribution in [0.1, 0.15) is 22.3 Å². The lowest BCUT2D eigenvalue weighted by Crippen LogP contribution is -2.41. The Kier molecular flexibility index (Phi) is 6.63. The standard InChI is InChI=1S/C19H17Cl3FNO4S/c1-28-18-15(21)7-11(8-16(18)22)19(25)24(12-5-6-29(26,27)10-12)9-13-14(20)3-2-4-17(13)23/h2-4,7-8,12H,5-6,9-10H2,1H3/t12-/m0/s1. The van der Waals surface area contributed by atoms with Gasteiger partial charge in [-0.05, 0) is 30.7 Å². The van der Waals surface area contributed by atoms with Crippen LogP contribution >= 0.6 is 34.8 Å². The molecule has 2 aromatic carbocycles. The number of carbonyl (C=O) groups is 1. The Hall–Kier alpha value is -1.54. The smallest absolute Gasteiger partial charge is 0.254 e. The van der Waals surface area contributed by atoms with Crippen LogP contribution in [0.4, 0.5) is 4.39 Å². The summed E-state index contributed by atoms with van der Waals surface area (Å²) in [6.45, 7) is -0.189.